The van der Waals surface area contributed by atoms with E-state index in [9.17, 15) is 4.79 Å². The van der Waals surface area contributed by atoms with Gasteiger partial charge in [0.05, 0.1) is 5.70 Å². The number of nitrogens with two attached hydrogens (primary N) is 2. The summed E-state index contributed by atoms with van der Waals surface area (Å²) in [5.74, 6) is 0.0554. The van der Waals surface area contributed by atoms with Gasteiger partial charge in [-0.1, -0.05) is 13.8 Å². The van der Waals surface area contributed by atoms with Gasteiger partial charge in [0.25, 0.3) is 0 Å². The van der Waals surface area contributed by atoms with Gasteiger partial charge in [-0.2, -0.15) is 0 Å². The van der Waals surface area contributed by atoms with E-state index in [1.807, 2.05) is 13.8 Å². The molecule has 0 fully saturated rings. The Kier molecular flexibility index (Phi) is 1.97. The Balaban J connectivity index is 2.95. The average Bonchev–Trinajstić information content (AvgIpc) is 1.97. The third-order valence-electron chi connectivity index (χ3n) is 2.07. The second kappa shape index (κ2) is 2.67. The van der Waals surface area contributed by atoms with Gasteiger partial charge in [0.15, 0.2) is 0 Å². The van der Waals surface area contributed by atoms with Crippen molar-refractivity contribution in [2.24, 2.45) is 17.4 Å². The normalized spacial score (nSPS) is 29.3. The van der Waals surface area contributed by atoms with Crippen molar-refractivity contribution in [2.45, 2.75) is 19.5 Å². The van der Waals surface area contributed by atoms with Crippen LogP contribution in [0.15, 0.2) is 11.9 Å². The van der Waals surface area contributed by atoms with E-state index in [4.69, 9.17) is 11.5 Å². The van der Waals surface area contributed by atoms with Crippen molar-refractivity contribution < 1.29 is 4.79 Å². The van der Waals surface area contributed by atoms with Crippen LogP contribution in [0, 0.1) is 5.92 Å². The lowest BCUT2D eigenvalue weighted by Crippen LogP contribution is -2.66. The molecule has 1 aliphatic rings. The molecule has 0 radical (unpaired) electrons. The summed E-state index contributed by atoms with van der Waals surface area (Å²) in [4.78, 5) is 10.9. The minimum Gasteiger partial charge on any atom is -0.398 e. The van der Waals surface area contributed by atoms with Crippen LogP contribution in [-0.2, 0) is 0 Å². The molecule has 0 bridgehead atoms. The van der Waals surface area contributed by atoms with Crippen LogP contribution < -0.4 is 22.1 Å². The van der Waals surface area contributed by atoms with Crippen molar-refractivity contribution >= 4 is 6.03 Å². The van der Waals surface area contributed by atoms with Gasteiger partial charge < -0.3 is 22.1 Å². The summed E-state index contributed by atoms with van der Waals surface area (Å²) in [5.41, 5.74) is 11.0. The minimum absolute atomic E-state index is 0.0554. The highest BCUT2D eigenvalue weighted by molar-refractivity contribution is 5.78. The van der Waals surface area contributed by atoms with Gasteiger partial charge >= 0.3 is 6.03 Å². The summed E-state index contributed by atoms with van der Waals surface area (Å²) in [6.07, 6.45) is 1.43. The first-order chi connectivity index (χ1) is 5.47. The molecule has 0 saturated heterocycles. The van der Waals surface area contributed by atoms with Crippen LogP contribution in [-0.4, -0.2) is 11.7 Å². The van der Waals surface area contributed by atoms with Crippen molar-refractivity contribution in [1.82, 2.24) is 10.6 Å². The predicted octanol–water partition coefficient (Wildman–Crippen LogP) is -0.590. The van der Waals surface area contributed by atoms with Crippen LogP contribution in [0.5, 0.6) is 0 Å². The van der Waals surface area contributed by atoms with Crippen LogP contribution in [0.2, 0.25) is 0 Å². The van der Waals surface area contributed by atoms with Gasteiger partial charge in [0.1, 0.15) is 5.66 Å². The number of amides is 2. The topological polar surface area (TPSA) is 93.2 Å². The third-order valence-corrected chi connectivity index (χ3v) is 2.07. The van der Waals surface area contributed by atoms with E-state index >= 15 is 0 Å². The molecule has 1 heterocycles. The van der Waals surface area contributed by atoms with Gasteiger partial charge in [0.2, 0.25) is 0 Å². The van der Waals surface area contributed by atoms with Crippen molar-refractivity contribution in [1.29, 1.82) is 0 Å². The summed E-state index contributed by atoms with van der Waals surface area (Å²) in [7, 11) is 0. The van der Waals surface area contributed by atoms with E-state index in [1.165, 1.54) is 6.20 Å². The molecule has 0 spiro atoms. The van der Waals surface area contributed by atoms with Crippen molar-refractivity contribution in [3.05, 3.63) is 11.9 Å². The standard InChI is InChI=1S/C7H14N4O/c1-4(2)7(9)5(8)3-10-6(12)11-7/h3-4H,8-9H2,1-2H3,(H2,10,11,12). The molecule has 12 heavy (non-hydrogen) atoms. The zero-order chi connectivity index (χ0) is 9.35. The maximum absolute atomic E-state index is 10.9. The zero-order valence-corrected chi connectivity index (χ0v) is 7.22. The molecule has 5 nitrogen and oxygen atoms in total. The van der Waals surface area contributed by atoms with Crippen LogP contribution in [0.3, 0.4) is 0 Å². The lowest BCUT2D eigenvalue weighted by Gasteiger charge is -2.37. The van der Waals surface area contributed by atoms with Crippen LogP contribution >= 0.6 is 0 Å². The van der Waals surface area contributed by atoms with E-state index in [1.54, 1.807) is 0 Å². The highest BCUT2D eigenvalue weighted by atomic mass is 16.2. The lowest BCUT2D eigenvalue weighted by molar-refractivity contribution is 0.216. The third kappa shape index (κ3) is 1.23. The smallest absolute Gasteiger partial charge is 0.320 e. The monoisotopic (exact) mass is 170 g/mol. The average molecular weight is 170 g/mol. The molecule has 1 atom stereocenters. The number of nitrogens with one attached hydrogen (secondary N) is 2. The Labute approximate surface area is 71.2 Å². The molecule has 2 amide bonds. The van der Waals surface area contributed by atoms with Gasteiger partial charge in [-0.25, -0.2) is 4.79 Å². The molecule has 1 rings (SSSR count). The predicted molar refractivity (Wildman–Crippen MR) is 45.7 cm³/mol. The second-order valence-corrected chi connectivity index (χ2v) is 3.22. The van der Waals surface area contributed by atoms with E-state index in [0.717, 1.165) is 0 Å². The molecule has 0 aromatic heterocycles. The molecule has 0 aromatic carbocycles. The maximum atomic E-state index is 10.9. The Hall–Kier alpha value is -1.23. The van der Waals surface area contributed by atoms with E-state index < -0.39 is 5.66 Å². The summed E-state index contributed by atoms with van der Waals surface area (Å²) in [5, 5.41) is 5.00. The SMILES string of the molecule is CC(C)C1(N)NC(=O)NC=C1N. The van der Waals surface area contributed by atoms with Crippen molar-refractivity contribution in [2.75, 3.05) is 0 Å². The highest BCUT2D eigenvalue weighted by Gasteiger charge is 2.36. The van der Waals surface area contributed by atoms with Gasteiger partial charge in [-0.15, -0.1) is 0 Å². The fraction of sp³-hybridized carbons (Fsp3) is 0.571. The number of urea groups is 1. The fourth-order valence-electron chi connectivity index (χ4n) is 1.04. The molecular weight excluding hydrogens is 156 g/mol. The van der Waals surface area contributed by atoms with Crippen LogP contribution in [0.1, 0.15) is 13.8 Å². The number of hydrogen-bond acceptors (Lipinski definition) is 3. The first-order valence-electron chi connectivity index (χ1n) is 3.80. The van der Waals surface area contributed by atoms with Gasteiger partial charge in [-0.05, 0) is 5.92 Å². The van der Waals surface area contributed by atoms with Gasteiger partial charge in [0, 0.05) is 6.20 Å². The molecule has 1 unspecified atom stereocenters. The highest BCUT2D eigenvalue weighted by Crippen LogP contribution is 2.17. The van der Waals surface area contributed by atoms with Gasteiger partial charge in [-0.3, -0.25) is 0 Å². The molecule has 0 saturated carbocycles. The number of carbonyl (C=O) groups is 1. The van der Waals surface area contributed by atoms with Crippen molar-refractivity contribution in [3.63, 3.8) is 0 Å². The molecule has 6 N–H and O–H groups in total. The Bertz CT molecular complexity index is 236. The maximum Gasteiger partial charge on any atom is 0.320 e. The largest absolute Gasteiger partial charge is 0.398 e. The number of carbonyl (C=O) groups excluding carboxylic acids is 1. The summed E-state index contributed by atoms with van der Waals surface area (Å²) >= 11 is 0. The molecule has 0 aliphatic carbocycles. The molecule has 0 aromatic rings. The zero-order valence-electron chi connectivity index (χ0n) is 7.22. The van der Waals surface area contributed by atoms with E-state index in [2.05, 4.69) is 10.6 Å². The molecular formula is C7H14N4O. The molecule has 5 heteroatoms. The summed E-state index contributed by atoms with van der Waals surface area (Å²) < 4.78 is 0. The summed E-state index contributed by atoms with van der Waals surface area (Å²) in [6, 6.07) is -0.319. The van der Waals surface area contributed by atoms with E-state index in [-0.39, 0.29) is 11.9 Å². The van der Waals surface area contributed by atoms with E-state index in [0.29, 0.717) is 5.70 Å². The number of rotatable bonds is 1. The summed E-state index contributed by atoms with van der Waals surface area (Å²) in [6.45, 7) is 3.79. The number of hydrogen-bond donors (Lipinski definition) is 4. The Morgan fingerprint density at radius 3 is 2.58 bits per heavy atom. The first kappa shape index (κ1) is 8.86. The fourth-order valence-corrected chi connectivity index (χ4v) is 1.04. The van der Waals surface area contributed by atoms with Crippen LogP contribution in [0.4, 0.5) is 4.79 Å². The lowest BCUT2D eigenvalue weighted by atomic mass is 9.93. The van der Waals surface area contributed by atoms with Crippen LogP contribution in [0.25, 0.3) is 0 Å². The quantitative estimate of drug-likeness (QED) is 0.424. The first-order valence-corrected chi connectivity index (χ1v) is 3.80. The molecule has 68 valence electrons. The Morgan fingerprint density at radius 1 is 1.58 bits per heavy atom. The minimum atomic E-state index is -0.914. The molecule has 1 aliphatic heterocycles. The van der Waals surface area contributed by atoms with Crippen molar-refractivity contribution in [3.8, 4) is 0 Å². The Morgan fingerprint density at radius 2 is 2.17 bits per heavy atom. The second-order valence-electron chi connectivity index (χ2n) is 3.22.